The second kappa shape index (κ2) is 65.4. The Balaban J connectivity index is 5.24. The molecule has 17 nitrogen and oxygen atoms in total. The Bertz CT molecular complexity index is 1870. The van der Waals surface area contributed by atoms with Gasteiger partial charge in [-0.05, 0) is 49.4 Å². The van der Waals surface area contributed by atoms with E-state index < -0.39 is 97.5 Å². The Labute approximate surface area is 581 Å². The molecule has 0 aromatic rings. The predicted octanol–water partition coefficient (Wildman–Crippen LogP) is 22.0. The van der Waals surface area contributed by atoms with Crippen molar-refractivity contribution in [2.45, 2.75) is 401 Å². The van der Waals surface area contributed by atoms with E-state index in [0.717, 1.165) is 120 Å². The van der Waals surface area contributed by atoms with Gasteiger partial charge in [0.15, 0.2) is 12.2 Å². The number of esters is 4. The predicted molar refractivity (Wildman–Crippen MR) is 386 cm³/mol. The summed E-state index contributed by atoms with van der Waals surface area (Å²) in [6.07, 6.45) is 49.9. The maximum Gasteiger partial charge on any atom is 0.472 e. The van der Waals surface area contributed by atoms with Crippen LogP contribution in [0.2, 0.25) is 0 Å². The van der Waals surface area contributed by atoms with Gasteiger partial charge in [0.2, 0.25) is 0 Å². The zero-order valence-electron chi connectivity index (χ0n) is 62.3. The molecule has 0 spiro atoms. The monoisotopic (exact) mass is 1400 g/mol. The number of phosphoric acid groups is 2. The van der Waals surface area contributed by atoms with Crippen LogP contribution in [-0.4, -0.2) is 96.7 Å². The van der Waals surface area contributed by atoms with Crippen LogP contribution >= 0.6 is 15.6 Å². The van der Waals surface area contributed by atoms with Crippen molar-refractivity contribution in [1.82, 2.24) is 0 Å². The molecule has 0 saturated heterocycles. The van der Waals surface area contributed by atoms with E-state index in [1.807, 2.05) is 0 Å². The lowest BCUT2D eigenvalue weighted by molar-refractivity contribution is -0.161. The Kier molecular flexibility index (Phi) is 64.0. The van der Waals surface area contributed by atoms with Crippen LogP contribution in [0.4, 0.5) is 0 Å². The standard InChI is InChI=1S/C76H148O17P2/c1-9-68(7)54-46-38-30-24-17-13-11-12-14-18-26-32-42-50-58-75(80)93-72(63-87-74(79)57-49-41-35-34-39-47-55-69(8)10-2)65-91-95(84,85)89-61-70(77)60-88-94(82,83)90-64-71(92-76(81)59-51-43-33-27-21-20-23-29-37-45-53-67(5)6)62-86-73(78)56-48-40-31-25-19-15-16-22-28-36-44-52-66(3)4/h66-72,77H,9-65H2,1-8H3,(H,82,83)(H,84,85)/t68?,69?,70-,71-,72-/m1/s1. The molecule has 0 rings (SSSR count). The van der Waals surface area contributed by atoms with E-state index in [1.54, 1.807) is 0 Å². The molecule has 564 valence electrons. The van der Waals surface area contributed by atoms with Gasteiger partial charge in [-0.25, -0.2) is 9.13 Å². The van der Waals surface area contributed by atoms with Gasteiger partial charge in [-0.3, -0.25) is 37.3 Å². The van der Waals surface area contributed by atoms with E-state index in [0.29, 0.717) is 25.7 Å². The largest absolute Gasteiger partial charge is 0.472 e. The summed E-state index contributed by atoms with van der Waals surface area (Å²) in [7, 11) is -9.91. The van der Waals surface area contributed by atoms with E-state index in [2.05, 4.69) is 55.4 Å². The first kappa shape index (κ1) is 93.1. The summed E-state index contributed by atoms with van der Waals surface area (Å²) in [5.41, 5.74) is 0. The summed E-state index contributed by atoms with van der Waals surface area (Å²) in [6, 6.07) is 0. The second-order valence-corrected chi connectivity index (χ2v) is 31.7. The number of hydrogen-bond donors (Lipinski definition) is 3. The van der Waals surface area contributed by atoms with Crippen molar-refractivity contribution in [2.24, 2.45) is 23.7 Å². The summed E-state index contributed by atoms with van der Waals surface area (Å²) in [6.45, 7) is 14.2. The molecule has 0 saturated carbocycles. The first-order chi connectivity index (χ1) is 45.7. The molecule has 19 heteroatoms. The zero-order valence-corrected chi connectivity index (χ0v) is 64.1. The summed E-state index contributed by atoms with van der Waals surface area (Å²) >= 11 is 0. The van der Waals surface area contributed by atoms with Gasteiger partial charge in [-0.15, -0.1) is 0 Å². The normalized spacial score (nSPS) is 14.7. The Hall–Kier alpha value is -1.94. The summed E-state index contributed by atoms with van der Waals surface area (Å²) in [5.74, 6) is 0.978. The maximum absolute atomic E-state index is 13.1. The molecule has 0 aromatic carbocycles. The van der Waals surface area contributed by atoms with Crippen LogP contribution < -0.4 is 0 Å². The van der Waals surface area contributed by atoms with Crippen LogP contribution in [0.1, 0.15) is 383 Å². The summed E-state index contributed by atoms with van der Waals surface area (Å²) < 4.78 is 68.5. The zero-order chi connectivity index (χ0) is 70.3. The summed E-state index contributed by atoms with van der Waals surface area (Å²) in [5, 5.41) is 10.6. The number of ether oxygens (including phenoxy) is 4. The minimum absolute atomic E-state index is 0.105. The van der Waals surface area contributed by atoms with E-state index in [4.69, 9.17) is 37.0 Å². The number of carbonyl (C=O) groups excluding carboxylic acids is 4. The number of carbonyl (C=O) groups is 4. The molecule has 4 unspecified atom stereocenters. The fraction of sp³-hybridized carbons (Fsp3) is 0.947. The minimum Gasteiger partial charge on any atom is -0.462 e. The van der Waals surface area contributed by atoms with Crippen LogP contribution in [0.3, 0.4) is 0 Å². The van der Waals surface area contributed by atoms with E-state index in [-0.39, 0.29) is 25.7 Å². The topological polar surface area (TPSA) is 237 Å². The van der Waals surface area contributed by atoms with Crippen molar-refractivity contribution in [3.63, 3.8) is 0 Å². The average molecular weight is 1400 g/mol. The molecule has 0 aliphatic heterocycles. The molecule has 0 aromatic heterocycles. The second-order valence-electron chi connectivity index (χ2n) is 28.8. The number of hydrogen-bond acceptors (Lipinski definition) is 15. The fourth-order valence-corrected chi connectivity index (χ4v) is 13.1. The molecular formula is C76H148O17P2. The first-order valence-electron chi connectivity index (χ1n) is 39.3. The van der Waals surface area contributed by atoms with Crippen LogP contribution in [0.5, 0.6) is 0 Å². The fourth-order valence-electron chi connectivity index (χ4n) is 11.5. The van der Waals surface area contributed by atoms with Crippen LogP contribution in [0.15, 0.2) is 0 Å². The highest BCUT2D eigenvalue weighted by Gasteiger charge is 2.30. The van der Waals surface area contributed by atoms with Crippen molar-refractivity contribution < 1.29 is 80.2 Å². The summed E-state index contributed by atoms with van der Waals surface area (Å²) in [4.78, 5) is 72.8. The van der Waals surface area contributed by atoms with E-state index in [1.165, 1.54) is 180 Å². The molecule has 0 amide bonds. The Morgan fingerprint density at radius 2 is 0.505 bits per heavy atom. The number of aliphatic hydroxyl groups is 1. The SMILES string of the molecule is CCC(C)CCCCCCCCCCCCCCCCC(=O)O[C@H](COC(=O)CCCCCCCCC(C)CC)COP(=O)(O)OC[C@H](O)COP(=O)(O)OC[C@@H](COC(=O)CCCCCCCCCCCCCC(C)C)OC(=O)CCCCCCCCCCCCC(C)C. The van der Waals surface area contributed by atoms with E-state index >= 15 is 0 Å². The maximum atomic E-state index is 13.1. The molecule has 0 aliphatic rings. The lowest BCUT2D eigenvalue weighted by atomic mass is 9.99. The van der Waals surface area contributed by atoms with Gasteiger partial charge in [-0.1, -0.05) is 331 Å². The van der Waals surface area contributed by atoms with Crippen molar-refractivity contribution >= 4 is 39.5 Å². The third-order valence-electron chi connectivity index (χ3n) is 18.3. The highest BCUT2D eigenvalue weighted by atomic mass is 31.2. The van der Waals surface area contributed by atoms with Gasteiger partial charge in [-0.2, -0.15) is 0 Å². The molecular weight excluding hydrogens is 1250 g/mol. The van der Waals surface area contributed by atoms with Crippen molar-refractivity contribution in [2.75, 3.05) is 39.6 Å². The first-order valence-corrected chi connectivity index (χ1v) is 42.3. The quantitative estimate of drug-likeness (QED) is 0.0222. The molecule has 0 heterocycles. The molecule has 0 aliphatic carbocycles. The van der Waals surface area contributed by atoms with Gasteiger partial charge in [0.1, 0.15) is 19.3 Å². The van der Waals surface area contributed by atoms with Crippen LogP contribution in [0, 0.1) is 23.7 Å². The van der Waals surface area contributed by atoms with Crippen molar-refractivity contribution in [3.8, 4) is 0 Å². The third kappa shape index (κ3) is 67.6. The molecule has 3 N–H and O–H groups in total. The van der Waals surface area contributed by atoms with Crippen molar-refractivity contribution in [3.05, 3.63) is 0 Å². The molecule has 0 radical (unpaired) electrons. The average Bonchev–Trinajstić information content (AvgIpc) is 1.61. The van der Waals surface area contributed by atoms with Gasteiger partial charge in [0.05, 0.1) is 26.4 Å². The number of unbranched alkanes of at least 4 members (excludes halogenated alkanes) is 37. The van der Waals surface area contributed by atoms with Gasteiger partial charge >= 0.3 is 39.5 Å². The highest BCUT2D eigenvalue weighted by Crippen LogP contribution is 2.45. The smallest absolute Gasteiger partial charge is 0.462 e. The van der Waals surface area contributed by atoms with E-state index in [9.17, 15) is 43.2 Å². The van der Waals surface area contributed by atoms with Gasteiger partial charge < -0.3 is 33.8 Å². The van der Waals surface area contributed by atoms with Crippen LogP contribution in [-0.2, 0) is 65.4 Å². The van der Waals surface area contributed by atoms with Gasteiger partial charge in [0.25, 0.3) is 0 Å². The van der Waals surface area contributed by atoms with Gasteiger partial charge in [0, 0.05) is 25.7 Å². The molecule has 0 fully saturated rings. The number of rotatable bonds is 73. The number of aliphatic hydroxyl groups excluding tert-OH is 1. The lowest BCUT2D eigenvalue weighted by Crippen LogP contribution is -2.30. The Morgan fingerprint density at radius 3 is 0.747 bits per heavy atom. The highest BCUT2D eigenvalue weighted by molar-refractivity contribution is 7.47. The molecule has 95 heavy (non-hydrogen) atoms. The van der Waals surface area contributed by atoms with Crippen molar-refractivity contribution in [1.29, 1.82) is 0 Å². The minimum atomic E-state index is -4.96. The molecule has 0 bridgehead atoms. The number of phosphoric ester groups is 2. The van der Waals surface area contributed by atoms with Crippen LogP contribution in [0.25, 0.3) is 0 Å². The Morgan fingerprint density at radius 1 is 0.295 bits per heavy atom. The third-order valence-corrected chi connectivity index (χ3v) is 20.2. The molecule has 7 atom stereocenters. The lowest BCUT2D eigenvalue weighted by Gasteiger charge is -2.21.